The molecular formula is C27H26N4O6. The standard InChI is InChI=1S/C27H26N4O6/c1-17-6-7-18(2)22(10-17)30-25(32)15-35-21-5-3-4-19(11-21)14-29-31-27(34)26(33)28-13-20-8-9-23-24(12-20)37-16-36-23/h3-12,14H,13,15-16H2,1-2H3,(H,28,33)(H,30,32)(H,31,34)/b29-14-. The first kappa shape index (κ1) is 25.2. The van der Waals surface area contributed by atoms with E-state index in [0.717, 1.165) is 22.4 Å². The summed E-state index contributed by atoms with van der Waals surface area (Å²) in [6.07, 6.45) is 1.37. The van der Waals surface area contributed by atoms with E-state index < -0.39 is 11.8 Å². The number of ether oxygens (including phenoxy) is 3. The number of rotatable bonds is 8. The summed E-state index contributed by atoms with van der Waals surface area (Å²) >= 11 is 0. The molecule has 1 heterocycles. The number of carbonyl (C=O) groups excluding carboxylic acids is 3. The molecule has 3 aromatic carbocycles. The number of carbonyl (C=O) groups is 3. The first-order valence-corrected chi connectivity index (χ1v) is 11.5. The normalized spacial score (nSPS) is 11.7. The summed E-state index contributed by atoms with van der Waals surface area (Å²) in [4.78, 5) is 36.4. The number of nitrogens with zero attached hydrogens (tertiary/aromatic N) is 1. The minimum Gasteiger partial charge on any atom is -0.484 e. The molecule has 0 saturated heterocycles. The van der Waals surface area contributed by atoms with Gasteiger partial charge in [-0.2, -0.15) is 5.10 Å². The number of aryl methyl sites for hydroxylation is 2. The summed E-state index contributed by atoms with van der Waals surface area (Å²) in [5, 5.41) is 9.18. The second-order valence-electron chi connectivity index (χ2n) is 8.30. The number of anilines is 1. The Morgan fingerprint density at radius 2 is 1.81 bits per heavy atom. The summed E-state index contributed by atoms with van der Waals surface area (Å²) in [6.45, 7) is 4.00. The zero-order valence-corrected chi connectivity index (χ0v) is 20.4. The second-order valence-corrected chi connectivity index (χ2v) is 8.30. The lowest BCUT2D eigenvalue weighted by atomic mass is 10.1. The molecule has 4 rings (SSSR count). The summed E-state index contributed by atoms with van der Waals surface area (Å²) in [6, 6.07) is 17.9. The molecule has 190 valence electrons. The highest BCUT2D eigenvalue weighted by atomic mass is 16.7. The summed E-state index contributed by atoms with van der Waals surface area (Å²) in [7, 11) is 0. The Labute approximate surface area is 213 Å². The van der Waals surface area contributed by atoms with Crippen LogP contribution >= 0.6 is 0 Å². The predicted molar refractivity (Wildman–Crippen MR) is 137 cm³/mol. The fourth-order valence-electron chi connectivity index (χ4n) is 3.42. The highest BCUT2D eigenvalue weighted by Gasteiger charge is 2.15. The average molecular weight is 503 g/mol. The summed E-state index contributed by atoms with van der Waals surface area (Å²) < 4.78 is 16.1. The first-order chi connectivity index (χ1) is 17.9. The molecule has 0 bridgehead atoms. The number of hydrazone groups is 1. The highest BCUT2D eigenvalue weighted by molar-refractivity contribution is 6.35. The molecule has 0 radical (unpaired) electrons. The van der Waals surface area contributed by atoms with Crippen LogP contribution in [0.5, 0.6) is 17.2 Å². The van der Waals surface area contributed by atoms with Gasteiger partial charge in [0, 0.05) is 12.2 Å². The molecule has 1 aliphatic heterocycles. The van der Waals surface area contributed by atoms with Gasteiger partial charge in [-0.05, 0) is 66.4 Å². The second kappa shape index (κ2) is 11.7. The van der Waals surface area contributed by atoms with Crippen LogP contribution in [0.2, 0.25) is 0 Å². The lowest BCUT2D eigenvalue weighted by Gasteiger charge is -2.10. The topological polar surface area (TPSA) is 127 Å². The van der Waals surface area contributed by atoms with Gasteiger partial charge in [-0.15, -0.1) is 0 Å². The van der Waals surface area contributed by atoms with Crippen LogP contribution < -0.4 is 30.3 Å². The van der Waals surface area contributed by atoms with Crippen molar-refractivity contribution in [2.24, 2.45) is 5.10 Å². The van der Waals surface area contributed by atoms with E-state index in [1.54, 1.807) is 42.5 Å². The van der Waals surface area contributed by atoms with E-state index in [9.17, 15) is 14.4 Å². The predicted octanol–water partition coefficient (Wildman–Crippen LogP) is 2.82. The number of hydrogen-bond donors (Lipinski definition) is 3. The highest BCUT2D eigenvalue weighted by Crippen LogP contribution is 2.32. The third-order valence-electron chi connectivity index (χ3n) is 5.37. The van der Waals surface area contributed by atoms with Gasteiger partial charge >= 0.3 is 11.8 Å². The molecule has 0 aromatic heterocycles. The zero-order chi connectivity index (χ0) is 26.2. The van der Waals surface area contributed by atoms with Crippen LogP contribution in [0.4, 0.5) is 5.69 Å². The maximum absolute atomic E-state index is 12.3. The number of benzene rings is 3. The molecule has 0 fully saturated rings. The summed E-state index contributed by atoms with van der Waals surface area (Å²) in [5.74, 6) is -0.347. The van der Waals surface area contributed by atoms with Gasteiger partial charge in [0.05, 0.1) is 6.21 Å². The van der Waals surface area contributed by atoms with Gasteiger partial charge in [-0.3, -0.25) is 14.4 Å². The maximum atomic E-state index is 12.3. The van der Waals surface area contributed by atoms with Crippen LogP contribution in [-0.2, 0) is 20.9 Å². The van der Waals surface area contributed by atoms with Crippen molar-refractivity contribution in [3.8, 4) is 17.2 Å². The van der Waals surface area contributed by atoms with Gasteiger partial charge in [-0.25, -0.2) is 5.43 Å². The molecule has 3 aromatic rings. The fourth-order valence-corrected chi connectivity index (χ4v) is 3.42. The van der Waals surface area contributed by atoms with E-state index in [4.69, 9.17) is 14.2 Å². The molecular weight excluding hydrogens is 476 g/mol. The molecule has 37 heavy (non-hydrogen) atoms. The van der Waals surface area contributed by atoms with Crippen molar-refractivity contribution in [2.45, 2.75) is 20.4 Å². The smallest absolute Gasteiger partial charge is 0.329 e. The van der Waals surface area contributed by atoms with Crippen molar-refractivity contribution in [2.75, 3.05) is 18.7 Å². The number of nitrogens with one attached hydrogen (secondary N) is 3. The number of amides is 3. The largest absolute Gasteiger partial charge is 0.484 e. The van der Waals surface area contributed by atoms with Crippen molar-refractivity contribution in [3.05, 3.63) is 82.9 Å². The minimum absolute atomic E-state index is 0.142. The Bertz CT molecular complexity index is 1350. The summed E-state index contributed by atoms with van der Waals surface area (Å²) in [5.41, 5.74) is 6.29. The first-order valence-electron chi connectivity index (χ1n) is 11.5. The third kappa shape index (κ3) is 7.07. The third-order valence-corrected chi connectivity index (χ3v) is 5.37. The molecule has 0 aliphatic carbocycles. The minimum atomic E-state index is -0.910. The quantitative estimate of drug-likeness (QED) is 0.247. The van der Waals surface area contributed by atoms with Crippen LogP contribution in [0, 0.1) is 13.8 Å². The molecule has 0 spiro atoms. The molecule has 3 N–H and O–H groups in total. The van der Waals surface area contributed by atoms with Crippen molar-refractivity contribution in [1.82, 2.24) is 10.7 Å². The van der Waals surface area contributed by atoms with Crippen LogP contribution in [0.1, 0.15) is 22.3 Å². The number of hydrogen-bond acceptors (Lipinski definition) is 7. The van der Waals surface area contributed by atoms with Crippen molar-refractivity contribution >= 4 is 29.6 Å². The van der Waals surface area contributed by atoms with Crippen LogP contribution in [-0.4, -0.2) is 37.3 Å². The van der Waals surface area contributed by atoms with E-state index in [-0.39, 0.29) is 25.9 Å². The monoisotopic (exact) mass is 502 g/mol. The Morgan fingerprint density at radius 1 is 0.973 bits per heavy atom. The molecule has 1 aliphatic rings. The SMILES string of the molecule is Cc1ccc(C)c(NC(=O)COc2cccc(/C=N\NC(=O)C(=O)NCc3ccc4c(c3)OCO4)c2)c1. The van der Waals surface area contributed by atoms with Gasteiger partial charge in [0.1, 0.15) is 5.75 Å². The van der Waals surface area contributed by atoms with Crippen LogP contribution in [0.3, 0.4) is 0 Å². The molecule has 0 saturated carbocycles. The fraction of sp³-hybridized carbons (Fsp3) is 0.185. The van der Waals surface area contributed by atoms with Crippen LogP contribution in [0.25, 0.3) is 0 Å². The maximum Gasteiger partial charge on any atom is 0.329 e. The van der Waals surface area contributed by atoms with Gasteiger partial charge in [0.15, 0.2) is 18.1 Å². The lowest BCUT2D eigenvalue weighted by Crippen LogP contribution is -2.37. The van der Waals surface area contributed by atoms with Crippen LogP contribution in [0.15, 0.2) is 65.8 Å². The van der Waals surface area contributed by atoms with E-state index in [2.05, 4.69) is 21.2 Å². The van der Waals surface area contributed by atoms with E-state index in [1.807, 2.05) is 32.0 Å². The average Bonchev–Trinajstić information content (AvgIpc) is 3.36. The number of fused-ring (bicyclic) bond motifs is 1. The Kier molecular flexibility index (Phi) is 7.99. The van der Waals surface area contributed by atoms with Gasteiger partial charge in [0.25, 0.3) is 5.91 Å². The van der Waals surface area contributed by atoms with Crippen molar-refractivity contribution in [3.63, 3.8) is 0 Å². The van der Waals surface area contributed by atoms with Gasteiger partial charge < -0.3 is 24.8 Å². The van der Waals surface area contributed by atoms with E-state index in [0.29, 0.717) is 22.8 Å². The molecule has 10 heteroatoms. The Morgan fingerprint density at radius 3 is 2.68 bits per heavy atom. The van der Waals surface area contributed by atoms with Gasteiger partial charge in [-0.1, -0.05) is 30.3 Å². The molecule has 10 nitrogen and oxygen atoms in total. The molecule has 0 atom stereocenters. The van der Waals surface area contributed by atoms with Crippen molar-refractivity contribution < 1.29 is 28.6 Å². The van der Waals surface area contributed by atoms with E-state index in [1.165, 1.54) is 6.21 Å². The van der Waals surface area contributed by atoms with Gasteiger partial charge in [0.2, 0.25) is 6.79 Å². The van der Waals surface area contributed by atoms with E-state index >= 15 is 0 Å². The molecule has 0 unspecified atom stereocenters. The Balaban J connectivity index is 1.22. The molecule has 3 amide bonds. The van der Waals surface area contributed by atoms with Crippen molar-refractivity contribution in [1.29, 1.82) is 0 Å². The lowest BCUT2D eigenvalue weighted by molar-refractivity contribution is -0.139. The zero-order valence-electron chi connectivity index (χ0n) is 20.4. The Hall–Kier alpha value is -4.86.